The lowest BCUT2D eigenvalue weighted by atomic mass is 10.2. The van der Waals surface area contributed by atoms with Crippen molar-refractivity contribution < 1.29 is 4.52 Å². The quantitative estimate of drug-likeness (QED) is 0.748. The monoisotopic (exact) mass is 298 g/mol. The van der Waals surface area contributed by atoms with Gasteiger partial charge in [-0.05, 0) is 35.9 Å². The van der Waals surface area contributed by atoms with Crippen LogP contribution in [0.1, 0.15) is 11.5 Å². The number of hydrogen-bond acceptors (Lipinski definition) is 5. The van der Waals surface area contributed by atoms with Crippen LogP contribution in [0, 0.1) is 0 Å². The second kappa shape index (κ2) is 5.76. The summed E-state index contributed by atoms with van der Waals surface area (Å²) in [7, 11) is 0. The molecule has 3 aromatic rings. The molecule has 0 fully saturated rings. The zero-order chi connectivity index (χ0) is 14.7. The van der Waals surface area contributed by atoms with Crippen molar-refractivity contribution in [3.63, 3.8) is 0 Å². The van der Waals surface area contributed by atoms with Gasteiger partial charge in [0.25, 0.3) is 5.89 Å². The van der Waals surface area contributed by atoms with Crippen LogP contribution in [0.25, 0.3) is 23.7 Å². The normalized spacial score (nSPS) is 11.1. The van der Waals surface area contributed by atoms with Gasteiger partial charge in [-0.1, -0.05) is 28.9 Å². The minimum atomic E-state index is 0.401. The van der Waals surface area contributed by atoms with E-state index in [-0.39, 0.29) is 0 Å². The molecular weight excluding hydrogens is 288 g/mol. The molecule has 0 radical (unpaired) electrons. The number of pyridine rings is 1. The summed E-state index contributed by atoms with van der Waals surface area (Å²) >= 11 is 5.79. The maximum absolute atomic E-state index is 5.79. The number of anilines is 1. The topological polar surface area (TPSA) is 77.8 Å². The Morgan fingerprint density at radius 2 is 1.86 bits per heavy atom. The standard InChI is InChI=1S/C15H11ClN4O/c16-11-4-7-13(18-9-11)15-19-14(21-20-15)8-3-10-1-5-12(17)6-2-10/h1-9H,17H2/b8-3+. The van der Waals surface area contributed by atoms with E-state index in [1.54, 1.807) is 18.2 Å². The Labute approximate surface area is 126 Å². The van der Waals surface area contributed by atoms with Crippen LogP contribution in [0.4, 0.5) is 5.69 Å². The molecular formula is C15H11ClN4O. The van der Waals surface area contributed by atoms with Crippen molar-refractivity contribution in [3.05, 3.63) is 59.1 Å². The van der Waals surface area contributed by atoms with E-state index in [1.807, 2.05) is 30.3 Å². The minimum Gasteiger partial charge on any atom is -0.399 e. The van der Waals surface area contributed by atoms with Crippen molar-refractivity contribution in [3.8, 4) is 11.5 Å². The van der Waals surface area contributed by atoms with Crippen LogP contribution in [-0.4, -0.2) is 15.1 Å². The Morgan fingerprint density at radius 3 is 2.57 bits per heavy atom. The van der Waals surface area contributed by atoms with E-state index in [9.17, 15) is 0 Å². The van der Waals surface area contributed by atoms with E-state index in [4.69, 9.17) is 21.9 Å². The summed E-state index contributed by atoms with van der Waals surface area (Å²) in [4.78, 5) is 8.38. The first-order chi connectivity index (χ1) is 10.2. The average Bonchev–Trinajstić information content (AvgIpc) is 2.96. The summed E-state index contributed by atoms with van der Waals surface area (Å²) in [6.45, 7) is 0. The Bertz CT molecular complexity index is 763. The fourth-order valence-corrected chi connectivity index (χ4v) is 1.80. The first kappa shape index (κ1) is 13.3. The van der Waals surface area contributed by atoms with Gasteiger partial charge in [-0.3, -0.25) is 4.98 Å². The van der Waals surface area contributed by atoms with Crippen LogP contribution in [0.5, 0.6) is 0 Å². The van der Waals surface area contributed by atoms with Gasteiger partial charge >= 0.3 is 0 Å². The Kier molecular flexibility index (Phi) is 3.66. The Morgan fingerprint density at radius 1 is 1.05 bits per heavy atom. The highest BCUT2D eigenvalue weighted by Gasteiger charge is 2.07. The second-order valence-corrected chi connectivity index (χ2v) is 4.75. The van der Waals surface area contributed by atoms with Gasteiger partial charge in [0, 0.05) is 18.0 Å². The van der Waals surface area contributed by atoms with Crippen LogP contribution in [0.2, 0.25) is 5.02 Å². The van der Waals surface area contributed by atoms with Crippen molar-refractivity contribution in [1.82, 2.24) is 15.1 Å². The molecule has 104 valence electrons. The second-order valence-electron chi connectivity index (χ2n) is 4.32. The number of nitrogens with zero attached hydrogens (tertiary/aromatic N) is 3. The van der Waals surface area contributed by atoms with Crippen molar-refractivity contribution >= 4 is 29.4 Å². The number of rotatable bonds is 3. The molecule has 0 amide bonds. The molecule has 3 rings (SSSR count). The van der Waals surface area contributed by atoms with Gasteiger partial charge in [0.1, 0.15) is 5.69 Å². The summed E-state index contributed by atoms with van der Waals surface area (Å²) in [6.07, 6.45) is 5.14. The zero-order valence-corrected chi connectivity index (χ0v) is 11.7. The van der Waals surface area contributed by atoms with Crippen LogP contribution < -0.4 is 5.73 Å². The zero-order valence-electron chi connectivity index (χ0n) is 10.9. The van der Waals surface area contributed by atoms with Crippen molar-refractivity contribution in [2.45, 2.75) is 0 Å². The van der Waals surface area contributed by atoms with Gasteiger partial charge in [-0.2, -0.15) is 4.98 Å². The lowest BCUT2D eigenvalue weighted by Gasteiger charge is -1.93. The largest absolute Gasteiger partial charge is 0.399 e. The number of hydrogen-bond donors (Lipinski definition) is 1. The highest BCUT2D eigenvalue weighted by molar-refractivity contribution is 6.30. The van der Waals surface area contributed by atoms with E-state index in [0.717, 1.165) is 11.3 Å². The molecule has 2 heterocycles. The maximum atomic E-state index is 5.79. The first-order valence-electron chi connectivity index (χ1n) is 6.20. The van der Waals surface area contributed by atoms with Gasteiger partial charge in [0.15, 0.2) is 0 Å². The molecule has 0 atom stereocenters. The van der Waals surface area contributed by atoms with Gasteiger partial charge in [0.2, 0.25) is 5.82 Å². The molecule has 0 saturated carbocycles. The van der Waals surface area contributed by atoms with E-state index >= 15 is 0 Å². The summed E-state index contributed by atoms with van der Waals surface area (Å²) in [5, 5.41) is 4.44. The van der Waals surface area contributed by atoms with Crippen LogP contribution in [0.15, 0.2) is 47.1 Å². The van der Waals surface area contributed by atoms with Crippen molar-refractivity contribution in [2.75, 3.05) is 5.73 Å². The molecule has 0 aliphatic rings. The molecule has 2 aromatic heterocycles. The third-order valence-electron chi connectivity index (χ3n) is 2.75. The third kappa shape index (κ3) is 3.27. The number of halogens is 1. The third-order valence-corrected chi connectivity index (χ3v) is 2.98. The van der Waals surface area contributed by atoms with Gasteiger partial charge in [-0.15, -0.1) is 0 Å². The molecule has 0 bridgehead atoms. The summed E-state index contributed by atoms with van der Waals surface area (Å²) in [6, 6.07) is 10.9. The summed E-state index contributed by atoms with van der Waals surface area (Å²) < 4.78 is 5.15. The molecule has 21 heavy (non-hydrogen) atoms. The van der Waals surface area contributed by atoms with Gasteiger partial charge < -0.3 is 10.3 Å². The van der Waals surface area contributed by atoms with Crippen LogP contribution in [-0.2, 0) is 0 Å². The SMILES string of the molecule is Nc1ccc(/C=C/c2nc(-c3ccc(Cl)cn3)no2)cc1. The lowest BCUT2D eigenvalue weighted by molar-refractivity contribution is 0.411. The van der Waals surface area contributed by atoms with E-state index in [2.05, 4.69) is 15.1 Å². The fourth-order valence-electron chi connectivity index (χ4n) is 1.69. The van der Waals surface area contributed by atoms with Crippen LogP contribution >= 0.6 is 11.6 Å². The molecule has 5 nitrogen and oxygen atoms in total. The molecule has 2 N–H and O–H groups in total. The van der Waals surface area contributed by atoms with Crippen molar-refractivity contribution in [1.29, 1.82) is 0 Å². The highest BCUT2D eigenvalue weighted by Crippen LogP contribution is 2.16. The predicted molar refractivity (Wildman–Crippen MR) is 82.3 cm³/mol. The Hall–Kier alpha value is -2.66. The summed E-state index contributed by atoms with van der Waals surface area (Å²) in [5.74, 6) is 0.821. The number of benzene rings is 1. The molecule has 0 aliphatic carbocycles. The average molecular weight is 299 g/mol. The fraction of sp³-hybridized carbons (Fsp3) is 0. The summed E-state index contributed by atoms with van der Waals surface area (Å²) in [5.41, 5.74) is 7.95. The molecule has 0 spiro atoms. The number of nitrogens with two attached hydrogens (primary N) is 1. The predicted octanol–water partition coefficient (Wildman–Crippen LogP) is 3.54. The van der Waals surface area contributed by atoms with E-state index < -0.39 is 0 Å². The van der Waals surface area contributed by atoms with E-state index in [1.165, 1.54) is 6.20 Å². The minimum absolute atomic E-state index is 0.401. The maximum Gasteiger partial charge on any atom is 0.251 e. The lowest BCUT2D eigenvalue weighted by Crippen LogP contribution is -1.84. The number of aromatic nitrogens is 3. The smallest absolute Gasteiger partial charge is 0.251 e. The molecule has 0 unspecified atom stereocenters. The highest BCUT2D eigenvalue weighted by atomic mass is 35.5. The molecule has 0 saturated heterocycles. The van der Waals surface area contributed by atoms with Gasteiger partial charge in [-0.25, -0.2) is 0 Å². The Balaban J connectivity index is 1.78. The molecule has 0 aliphatic heterocycles. The number of nitrogen functional groups attached to an aromatic ring is 1. The molecule has 1 aromatic carbocycles. The first-order valence-corrected chi connectivity index (χ1v) is 6.58. The van der Waals surface area contributed by atoms with Gasteiger partial charge in [0.05, 0.1) is 5.02 Å². The van der Waals surface area contributed by atoms with Crippen molar-refractivity contribution in [2.24, 2.45) is 0 Å². The molecule has 6 heteroatoms. The van der Waals surface area contributed by atoms with E-state index in [0.29, 0.717) is 22.4 Å². The van der Waals surface area contributed by atoms with Crippen LogP contribution in [0.3, 0.4) is 0 Å².